The lowest BCUT2D eigenvalue weighted by Crippen LogP contribution is -2.40. The Labute approximate surface area is 104 Å². The van der Waals surface area contributed by atoms with Crippen LogP contribution in [-0.4, -0.2) is 29.9 Å². The molecule has 0 heterocycles. The van der Waals surface area contributed by atoms with Gasteiger partial charge in [-0.15, -0.1) is 0 Å². The van der Waals surface area contributed by atoms with E-state index in [1.165, 1.54) is 38.5 Å². The number of hydrogen-bond acceptors (Lipinski definition) is 2. The van der Waals surface area contributed by atoms with Crippen molar-refractivity contribution in [2.75, 3.05) is 7.05 Å². The lowest BCUT2D eigenvalue weighted by atomic mass is 10.0. The summed E-state index contributed by atoms with van der Waals surface area (Å²) in [6.07, 6.45) is 12.3. The van der Waals surface area contributed by atoms with Gasteiger partial charge in [-0.2, -0.15) is 0 Å². The largest absolute Gasteiger partial charge is 0.342 e. The van der Waals surface area contributed by atoms with Crippen LogP contribution < -0.4 is 5.73 Å². The van der Waals surface area contributed by atoms with Gasteiger partial charge in [0.25, 0.3) is 0 Å². The van der Waals surface area contributed by atoms with Gasteiger partial charge in [0.15, 0.2) is 0 Å². The van der Waals surface area contributed by atoms with Crippen LogP contribution in [0.15, 0.2) is 12.2 Å². The van der Waals surface area contributed by atoms with E-state index in [4.69, 9.17) is 5.73 Å². The zero-order chi connectivity index (χ0) is 12.3. The Morgan fingerprint density at radius 2 is 1.82 bits per heavy atom. The molecule has 0 saturated heterocycles. The van der Waals surface area contributed by atoms with E-state index in [-0.39, 0.29) is 17.9 Å². The topological polar surface area (TPSA) is 46.3 Å². The Kier molecular flexibility index (Phi) is 4.21. The van der Waals surface area contributed by atoms with Crippen molar-refractivity contribution in [3.05, 3.63) is 12.2 Å². The van der Waals surface area contributed by atoms with Crippen LogP contribution in [0.1, 0.15) is 44.9 Å². The predicted octanol–water partition coefficient (Wildman–Crippen LogP) is 2.07. The first-order valence-electron chi connectivity index (χ1n) is 6.89. The van der Waals surface area contributed by atoms with Crippen LogP contribution in [0.3, 0.4) is 0 Å². The SMILES string of the molecule is CN(C(=O)C1C=CC(N)C1)C1CCCCCC1. The number of rotatable bonds is 2. The Morgan fingerprint density at radius 1 is 1.18 bits per heavy atom. The molecule has 0 spiro atoms. The Hall–Kier alpha value is -0.830. The first kappa shape index (κ1) is 12.6. The van der Waals surface area contributed by atoms with Crippen LogP contribution in [0, 0.1) is 5.92 Å². The molecule has 1 saturated carbocycles. The summed E-state index contributed by atoms with van der Waals surface area (Å²) in [5.41, 5.74) is 5.81. The quantitative estimate of drug-likeness (QED) is 0.589. The van der Waals surface area contributed by atoms with Gasteiger partial charge in [0.05, 0.1) is 5.92 Å². The van der Waals surface area contributed by atoms with Gasteiger partial charge in [0.2, 0.25) is 5.91 Å². The zero-order valence-corrected chi connectivity index (χ0v) is 10.8. The summed E-state index contributed by atoms with van der Waals surface area (Å²) in [7, 11) is 1.97. The highest BCUT2D eigenvalue weighted by Gasteiger charge is 2.29. The molecule has 0 aromatic heterocycles. The fourth-order valence-corrected chi connectivity index (χ4v) is 3.00. The molecule has 3 nitrogen and oxygen atoms in total. The first-order valence-corrected chi connectivity index (χ1v) is 6.89. The van der Waals surface area contributed by atoms with Gasteiger partial charge >= 0.3 is 0 Å². The number of amides is 1. The highest BCUT2D eigenvalue weighted by Crippen LogP contribution is 2.25. The minimum atomic E-state index is 0.0262. The molecule has 96 valence electrons. The van der Waals surface area contributed by atoms with E-state index in [9.17, 15) is 4.79 Å². The van der Waals surface area contributed by atoms with Gasteiger partial charge in [-0.3, -0.25) is 4.79 Å². The second-order valence-corrected chi connectivity index (χ2v) is 5.49. The third kappa shape index (κ3) is 3.09. The van der Waals surface area contributed by atoms with Crippen LogP contribution >= 0.6 is 0 Å². The number of hydrogen-bond donors (Lipinski definition) is 1. The summed E-state index contributed by atoms with van der Waals surface area (Å²) in [6.45, 7) is 0. The van der Waals surface area contributed by atoms with E-state index in [0.29, 0.717) is 6.04 Å². The lowest BCUT2D eigenvalue weighted by molar-refractivity contribution is -0.135. The molecule has 1 amide bonds. The minimum Gasteiger partial charge on any atom is -0.342 e. The fraction of sp³-hybridized carbons (Fsp3) is 0.786. The Morgan fingerprint density at radius 3 is 2.35 bits per heavy atom. The van der Waals surface area contributed by atoms with Gasteiger partial charge in [0, 0.05) is 19.1 Å². The molecule has 2 atom stereocenters. The van der Waals surface area contributed by atoms with E-state index >= 15 is 0 Å². The maximum atomic E-state index is 12.3. The maximum absolute atomic E-state index is 12.3. The molecule has 2 aliphatic carbocycles. The van der Waals surface area contributed by atoms with E-state index in [2.05, 4.69) is 0 Å². The third-order valence-corrected chi connectivity index (χ3v) is 4.15. The molecule has 17 heavy (non-hydrogen) atoms. The molecule has 0 bridgehead atoms. The Balaban J connectivity index is 1.91. The molecular formula is C14H24N2O. The van der Waals surface area contributed by atoms with Crippen molar-refractivity contribution >= 4 is 5.91 Å². The van der Waals surface area contributed by atoms with Gasteiger partial charge in [-0.1, -0.05) is 37.8 Å². The molecular weight excluding hydrogens is 212 g/mol. The van der Waals surface area contributed by atoms with Crippen LogP contribution in [-0.2, 0) is 4.79 Å². The highest BCUT2D eigenvalue weighted by molar-refractivity contribution is 5.81. The third-order valence-electron chi connectivity index (χ3n) is 4.15. The summed E-state index contributed by atoms with van der Waals surface area (Å²) < 4.78 is 0. The van der Waals surface area contributed by atoms with Crippen LogP contribution in [0.4, 0.5) is 0 Å². The summed E-state index contributed by atoms with van der Waals surface area (Å²) in [5.74, 6) is 0.291. The molecule has 0 aromatic rings. The smallest absolute Gasteiger partial charge is 0.229 e. The number of nitrogens with two attached hydrogens (primary N) is 1. The molecule has 0 radical (unpaired) electrons. The van der Waals surface area contributed by atoms with E-state index in [1.54, 1.807) is 0 Å². The van der Waals surface area contributed by atoms with Gasteiger partial charge < -0.3 is 10.6 Å². The monoisotopic (exact) mass is 236 g/mol. The standard InChI is InChI=1S/C14H24N2O/c1-16(13-6-4-2-3-5-7-13)14(17)11-8-9-12(15)10-11/h8-9,11-13H,2-7,10,15H2,1H3. The first-order chi connectivity index (χ1) is 8.18. The number of carbonyl (C=O) groups excluding carboxylic acids is 1. The zero-order valence-electron chi connectivity index (χ0n) is 10.8. The van der Waals surface area contributed by atoms with Crippen molar-refractivity contribution in [3.63, 3.8) is 0 Å². The van der Waals surface area contributed by atoms with Crippen molar-refractivity contribution in [1.82, 2.24) is 4.90 Å². The Bertz CT molecular complexity index is 293. The van der Waals surface area contributed by atoms with Crippen LogP contribution in [0.2, 0.25) is 0 Å². The van der Waals surface area contributed by atoms with Crippen LogP contribution in [0.5, 0.6) is 0 Å². The summed E-state index contributed by atoms with van der Waals surface area (Å²) in [4.78, 5) is 14.3. The van der Waals surface area contributed by atoms with E-state index in [0.717, 1.165) is 6.42 Å². The lowest BCUT2D eigenvalue weighted by Gasteiger charge is -2.29. The predicted molar refractivity (Wildman–Crippen MR) is 69.5 cm³/mol. The van der Waals surface area contributed by atoms with Crippen molar-refractivity contribution in [2.45, 2.75) is 57.0 Å². The average Bonchev–Trinajstić information content (AvgIpc) is 2.60. The van der Waals surface area contributed by atoms with Crippen molar-refractivity contribution in [1.29, 1.82) is 0 Å². The van der Waals surface area contributed by atoms with E-state index in [1.807, 2.05) is 24.1 Å². The van der Waals surface area contributed by atoms with Crippen molar-refractivity contribution < 1.29 is 4.79 Å². The normalized spacial score (nSPS) is 30.2. The van der Waals surface area contributed by atoms with Gasteiger partial charge in [-0.05, 0) is 19.3 Å². The molecule has 2 aliphatic rings. The second-order valence-electron chi connectivity index (χ2n) is 5.49. The van der Waals surface area contributed by atoms with Gasteiger partial charge in [-0.25, -0.2) is 0 Å². The average molecular weight is 236 g/mol. The van der Waals surface area contributed by atoms with Crippen LogP contribution in [0.25, 0.3) is 0 Å². The van der Waals surface area contributed by atoms with Gasteiger partial charge in [0.1, 0.15) is 0 Å². The minimum absolute atomic E-state index is 0.0262. The van der Waals surface area contributed by atoms with Crippen molar-refractivity contribution in [3.8, 4) is 0 Å². The highest BCUT2D eigenvalue weighted by atomic mass is 16.2. The summed E-state index contributed by atoms with van der Waals surface area (Å²) >= 11 is 0. The molecule has 0 aromatic carbocycles. The maximum Gasteiger partial charge on any atom is 0.229 e. The summed E-state index contributed by atoms with van der Waals surface area (Å²) in [5, 5.41) is 0. The molecule has 0 aliphatic heterocycles. The molecule has 2 rings (SSSR count). The molecule has 3 heteroatoms. The van der Waals surface area contributed by atoms with E-state index < -0.39 is 0 Å². The number of nitrogens with zero attached hydrogens (tertiary/aromatic N) is 1. The molecule has 2 N–H and O–H groups in total. The number of carbonyl (C=O) groups is 1. The van der Waals surface area contributed by atoms with Crippen molar-refractivity contribution in [2.24, 2.45) is 11.7 Å². The molecule has 1 fully saturated rings. The fourth-order valence-electron chi connectivity index (χ4n) is 3.00. The molecule has 2 unspecified atom stereocenters. The summed E-state index contributed by atoms with van der Waals surface area (Å²) in [6, 6.07) is 0.529. The second kappa shape index (κ2) is 5.67.